The van der Waals surface area contributed by atoms with E-state index in [9.17, 15) is 5.11 Å². The Morgan fingerprint density at radius 3 is 2.22 bits per heavy atom. The van der Waals surface area contributed by atoms with Crippen LogP contribution >= 0.6 is 0 Å². The van der Waals surface area contributed by atoms with Crippen LogP contribution < -0.4 is 10.1 Å². The molecule has 0 heterocycles. The number of anilines is 1. The number of benzene rings is 1. The molecule has 1 saturated carbocycles. The van der Waals surface area contributed by atoms with Crippen LogP contribution in [-0.2, 0) is 0 Å². The van der Waals surface area contributed by atoms with Gasteiger partial charge in [-0.15, -0.1) is 0 Å². The molecule has 1 aliphatic rings. The predicted molar refractivity (Wildman–Crippen MR) is 74.1 cm³/mol. The minimum absolute atomic E-state index is 0.134. The summed E-state index contributed by atoms with van der Waals surface area (Å²) in [6, 6.07) is 7.93. The maximum absolute atomic E-state index is 9.74. The quantitative estimate of drug-likeness (QED) is 0.805. The third-order valence-corrected chi connectivity index (χ3v) is 3.86. The summed E-state index contributed by atoms with van der Waals surface area (Å²) in [6.45, 7) is 0.207. The van der Waals surface area contributed by atoms with Crippen molar-refractivity contribution in [1.29, 1.82) is 0 Å². The van der Waals surface area contributed by atoms with E-state index in [0.717, 1.165) is 24.3 Å². The largest absolute Gasteiger partial charge is 0.497 e. The highest BCUT2D eigenvalue weighted by molar-refractivity contribution is 5.48. The Balaban J connectivity index is 2.07. The van der Waals surface area contributed by atoms with Gasteiger partial charge in [-0.1, -0.05) is 25.7 Å². The van der Waals surface area contributed by atoms with Crippen molar-refractivity contribution in [3.05, 3.63) is 24.3 Å². The van der Waals surface area contributed by atoms with E-state index < -0.39 is 0 Å². The van der Waals surface area contributed by atoms with E-state index in [1.54, 1.807) is 7.11 Å². The summed E-state index contributed by atoms with van der Waals surface area (Å²) in [5.74, 6) is 0.861. The SMILES string of the molecule is COc1ccc(NC2(CO)CCCCCC2)cc1. The molecule has 0 bridgehead atoms. The molecule has 0 atom stereocenters. The molecule has 0 spiro atoms. The van der Waals surface area contributed by atoms with E-state index in [1.807, 2.05) is 24.3 Å². The van der Waals surface area contributed by atoms with E-state index in [4.69, 9.17) is 4.74 Å². The highest BCUT2D eigenvalue weighted by Gasteiger charge is 2.29. The fourth-order valence-electron chi connectivity index (χ4n) is 2.71. The number of aliphatic hydroxyl groups excluding tert-OH is 1. The maximum Gasteiger partial charge on any atom is 0.119 e. The first kappa shape index (κ1) is 13.2. The van der Waals surface area contributed by atoms with Gasteiger partial charge in [0.25, 0.3) is 0 Å². The van der Waals surface area contributed by atoms with Crippen molar-refractivity contribution in [1.82, 2.24) is 0 Å². The minimum Gasteiger partial charge on any atom is -0.497 e. The van der Waals surface area contributed by atoms with E-state index in [-0.39, 0.29) is 12.1 Å². The normalized spacial score (nSPS) is 19.0. The first-order chi connectivity index (χ1) is 8.78. The summed E-state index contributed by atoms with van der Waals surface area (Å²) in [6.07, 6.45) is 7.07. The monoisotopic (exact) mass is 249 g/mol. The number of rotatable bonds is 4. The fourth-order valence-corrected chi connectivity index (χ4v) is 2.71. The molecule has 100 valence electrons. The third kappa shape index (κ3) is 3.16. The van der Waals surface area contributed by atoms with Crippen molar-refractivity contribution in [2.75, 3.05) is 19.0 Å². The fraction of sp³-hybridized carbons (Fsp3) is 0.600. The number of aliphatic hydroxyl groups is 1. The predicted octanol–water partition coefficient (Wildman–Crippen LogP) is 3.19. The zero-order valence-electron chi connectivity index (χ0n) is 11.1. The van der Waals surface area contributed by atoms with Crippen LogP contribution in [0.3, 0.4) is 0 Å². The van der Waals surface area contributed by atoms with Crippen molar-refractivity contribution in [3.63, 3.8) is 0 Å². The molecule has 1 aromatic carbocycles. The van der Waals surface area contributed by atoms with Gasteiger partial charge in [-0.2, -0.15) is 0 Å². The van der Waals surface area contributed by atoms with Crippen LogP contribution in [0.4, 0.5) is 5.69 Å². The van der Waals surface area contributed by atoms with Crippen molar-refractivity contribution < 1.29 is 9.84 Å². The topological polar surface area (TPSA) is 41.5 Å². The van der Waals surface area contributed by atoms with Crippen molar-refractivity contribution in [2.45, 2.75) is 44.1 Å². The molecule has 3 heteroatoms. The summed E-state index contributed by atoms with van der Waals surface area (Å²) >= 11 is 0. The van der Waals surface area contributed by atoms with Gasteiger partial charge < -0.3 is 15.2 Å². The van der Waals surface area contributed by atoms with E-state index >= 15 is 0 Å². The zero-order chi connectivity index (χ0) is 12.8. The summed E-state index contributed by atoms with van der Waals surface area (Å²) in [4.78, 5) is 0. The molecule has 3 nitrogen and oxygen atoms in total. The summed E-state index contributed by atoms with van der Waals surface area (Å²) in [7, 11) is 1.67. The third-order valence-electron chi connectivity index (χ3n) is 3.86. The average molecular weight is 249 g/mol. The zero-order valence-corrected chi connectivity index (χ0v) is 11.1. The molecule has 0 amide bonds. The second-order valence-electron chi connectivity index (χ2n) is 5.21. The number of ether oxygens (including phenoxy) is 1. The van der Waals surface area contributed by atoms with Crippen LogP contribution in [0.2, 0.25) is 0 Å². The van der Waals surface area contributed by atoms with Gasteiger partial charge in [-0.3, -0.25) is 0 Å². The molecule has 2 N–H and O–H groups in total. The Morgan fingerprint density at radius 2 is 1.72 bits per heavy atom. The molecule has 2 rings (SSSR count). The van der Waals surface area contributed by atoms with Gasteiger partial charge in [-0.05, 0) is 37.1 Å². The summed E-state index contributed by atoms with van der Waals surface area (Å²) in [5.41, 5.74) is 0.928. The molecular weight excluding hydrogens is 226 g/mol. The number of hydrogen-bond donors (Lipinski definition) is 2. The molecule has 1 fully saturated rings. The molecule has 1 aliphatic carbocycles. The van der Waals surface area contributed by atoms with E-state index in [1.165, 1.54) is 25.7 Å². The Hall–Kier alpha value is -1.22. The Bertz CT molecular complexity index is 353. The number of methoxy groups -OCH3 is 1. The van der Waals surface area contributed by atoms with Gasteiger partial charge >= 0.3 is 0 Å². The van der Waals surface area contributed by atoms with Gasteiger partial charge in [0, 0.05) is 5.69 Å². The molecule has 18 heavy (non-hydrogen) atoms. The lowest BCUT2D eigenvalue weighted by atomic mass is 9.90. The second-order valence-corrected chi connectivity index (χ2v) is 5.21. The van der Waals surface area contributed by atoms with Gasteiger partial charge in [0.05, 0.1) is 19.3 Å². The summed E-state index contributed by atoms with van der Waals surface area (Å²) < 4.78 is 5.15. The van der Waals surface area contributed by atoms with Crippen LogP contribution in [0.25, 0.3) is 0 Å². The molecule has 0 radical (unpaired) electrons. The van der Waals surface area contributed by atoms with Crippen LogP contribution in [0.5, 0.6) is 5.75 Å². The lowest BCUT2D eigenvalue weighted by Crippen LogP contribution is -2.41. The van der Waals surface area contributed by atoms with Crippen LogP contribution in [-0.4, -0.2) is 24.4 Å². The highest BCUT2D eigenvalue weighted by atomic mass is 16.5. The Kier molecular flexibility index (Phi) is 4.48. The molecule has 1 aromatic rings. The number of nitrogens with one attached hydrogen (secondary N) is 1. The molecule has 0 aliphatic heterocycles. The van der Waals surface area contributed by atoms with Gasteiger partial charge in [0.1, 0.15) is 5.75 Å². The average Bonchev–Trinajstić information content (AvgIpc) is 2.66. The van der Waals surface area contributed by atoms with E-state index in [2.05, 4.69) is 5.32 Å². The van der Waals surface area contributed by atoms with Gasteiger partial charge in [-0.25, -0.2) is 0 Å². The minimum atomic E-state index is -0.134. The Labute approximate surface area is 109 Å². The molecule has 0 saturated heterocycles. The highest BCUT2D eigenvalue weighted by Crippen LogP contribution is 2.30. The Morgan fingerprint density at radius 1 is 1.11 bits per heavy atom. The first-order valence-corrected chi connectivity index (χ1v) is 6.81. The van der Waals surface area contributed by atoms with Crippen molar-refractivity contribution >= 4 is 5.69 Å². The smallest absolute Gasteiger partial charge is 0.119 e. The maximum atomic E-state index is 9.74. The molecular formula is C15H23NO2. The first-order valence-electron chi connectivity index (χ1n) is 6.81. The van der Waals surface area contributed by atoms with Gasteiger partial charge in [0.2, 0.25) is 0 Å². The standard InChI is InChI=1S/C15H23NO2/c1-18-14-8-6-13(7-9-14)16-15(12-17)10-4-2-3-5-11-15/h6-9,16-17H,2-5,10-12H2,1H3. The lowest BCUT2D eigenvalue weighted by Gasteiger charge is -2.33. The number of hydrogen-bond acceptors (Lipinski definition) is 3. The molecule has 0 aromatic heterocycles. The summed E-state index contributed by atoms with van der Waals surface area (Å²) in [5, 5.41) is 13.3. The lowest BCUT2D eigenvalue weighted by molar-refractivity contribution is 0.196. The molecule has 0 unspecified atom stereocenters. The van der Waals surface area contributed by atoms with E-state index in [0.29, 0.717) is 0 Å². The van der Waals surface area contributed by atoms with Crippen LogP contribution in [0.1, 0.15) is 38.5 Å². The second kappa shape index (κ2) is 6.10. The van der Waals surface area contributed by atoms with Crippen molar-refractivity contribution in [2.24, 2.45) is 0 Å². The van der Waals surface area contributed by atoms with Crippen LogP contribution in [0, 0.1) is 0 Å². The van der Waals surface area contributed by atoms with Gasteiger partial charge in [0.15, 0.2) is 0 Å². The van der Waals surface area contributed by atoms with Crippen LogP contribution in [0.15, 0.2) is 24.3 Å². The van der Waals surface area contributed by atoms with Crippen molar-refractivity contribution in [3.8, 4) is 5.75 Å².